The van der Waals surface area contributed by atoms with E-state index in [1.54, 1.807) is 25.5 Å². The van der Waals surface area contributed by atoms with Crippen molar-refractivity contribution in [1.82, 2.24) is 19.9 Å². The Kier molecular flexibility index (Phi) is 4.76. The molecule has 0 N–H and O–H groups in total. The van der Waals surface area contributed by atoms with E-state index in [1.165, 1.54) is 16.0 Å². The molecule has 0 radical (unpaired) electrons. The highest BCUT2D eigenvalue weighted by Gasteiger charge is 2.17. The molecule has 3 heterocycles. The summed E-state index contributed by atoms with van der Waals surface area (Å²) in [6.07, 6.45) is 3.13. The molecule has 3 aromatic heterocycles. The van der Waals surface area contributed by atoms with Crippen molar-refractivity contribution in [2.45, 2.75) is 19.0 Å². The minimum absolute atomic E-state index is 0.242. The van der Waals surface area contributed by atoms with Crippen LogP contribution in [0.4, 0.5) is 0 Å². The Bertz CT molecular complexity index is 896. The van der Waals surface area contributed by atoms with Crippen LogP contribution in [0.1, 0.15) is 16.5 Å². The number of carboxylic acid groups (broad SMARTS) is 1. The molecule has 3 rings (SSSR count). The van der Waals surface area contributed by atoms with Crippen LogP contribution in [0.5, 0.6) is 0 Å². The molecule has 10 heteroatoms. The monoisotopic (exact) mass is 362 g/mol. The fourth-order valence-electron chi connectivity index (χ4n) is 1.92. The maximum Gasteiger partial charge on any atom is 0.212 e. The first-order chi connectivity index (χ1) is 11.5. The van der Waals surface area contributed by atoms with Gasteiger partial charge in [0, 0.05) is 11.1 Å². The molecule has 0 unspecified atom stereocenters. The van der Waals surface area contributed by atoms with Gasteiger partial charge in [-0.15, -0.1) is 21.5 Å². The number of nitrogens with zero attached hydrogens (tertiary/aromatic N) is 5. The van der Waals surface area contributed by atoms with Crippen LogP contribution in [-0.2, 0) is 4.79 Å². The van der Waals surface area contributed by atoms with Crippen LogP contribution < -0.4 is 5.11 Å². The molecular weight excluding hydrogens is 350 g/mol. The van der Waals surface area contributed by atoms with Gasteiger partial charge in [-0.1, -0.05) is 11.8 Å². The number of carbonyl (C=O) groups is 1. The molecule has 0 saturated heterocycles. The van der Waals surface area contributed by atoms with Crippen LogP contribution in [0, 0.1) is 13.8 Å². The van der Waals surface area contributed by atoms with Gasteiger partial charge in [0.15, 0.2) is 5.82 Å². The normalized spacial score (nSPS) is 11.4. The summed E-state index contributed by atoms with van der Waals surface area (Å²) in [5.74, 6) is -0.298. The molecule has 3 aromatic rings. The van der Waals surface area contributed by atoms with Crippen molar-refractivity contribution >= 4 is 35.3 Å². The Balaban J connectivity index is 1.99. The first-order valence-electron chi connectivity index (χ1n) is 6.83. The molecule has 8 nitrogen and oxygen atoms in total. The van der Waals surface area contributed by atoms with Crippen molar-refractivity contribution in [1.29, 1.82) is 0 Å². The number of thioether (sulfide) groups is 1. The highest BCUT2D eigenvalue weighted by Crippen LogP contribution is 2.26. The summed E-state index contributed by atoms with van der Waals surface area (Å²) in [5.41, 5.74) is 1.44. The van der Waals surface area contributed by atoms with E-state index in [2.05, 4.69) is 20.3 Å². The topological polar surface area (TPSA) is 109 Å². The zero-order chi connectivity index (χ0) is 17.1. The zero-order valence-corrected chi connectivity index (χ0v) is 14.4. The van der Waals surface area contributed by atoms with E-state index in [-0.39, 0.29) is 5.75 Å². The number of carboxylic acids is 1. The average molecular weight is 362 g/mol. The molecule has 0 aliphatic carbocycles. The van der Waals surface area contributed by atoms with Crippen LogP contribution in [0.15, 0.2) is 32.4 Å². The van der Waals surface area contributed by atoms with Crippen molar-refractivity contribution in [2.75, 3.05) is 5.75 Å². The van der Waals surface area contributed by atoms with Crippen molar-refractivity contribution in [2.24, 2.45) is 5.10 Å². The molecule has 124 valence electrons. The molecule has 0 atom stereocenters. The van der Waals surface area contributed by atoms with Gasteiger partial charge in [-0.3, -0.25) is 0 Å². The van der Waals surface area contributed by atoms with Gasteiger partial charge in [0.2, 0.25) is 5.16 Å². The SMILES string of the molecule is Cc1nc(/C=N\n2c(SCC(=O)[O-])nnc2-c2ccoc2C)cs1. The van der Waals surface area contributed by atoms with Crippen LogP contribution in [0.2, 0.25) is 0 Å². The number of aliphatic carboxylic acids is 1. The molecule has 0 saturated carbocycles. The number of furan rings is 1. The molecule has 0 fully saturated rings. The lowest BCUT2D eigenvalue weighted by atomic mass is 10.2. The Morgan fingerprint density at radius 2 is 2.33 bits per heavy atom. The van der Waals surface area contributed by atoms with Crippen LogP contribution in [0.25, 0.3) is 11.4 Å². The van der Waals surface area contributed by atoms with Crippen LogP contribution in [0.3, 0.4) is 0 Å². The number of carbonyl (C=O) groups excluding carboxylic acids is 1. The van der Waals surface area contributed by atoms with Crippen molar-refractivity contribution in [3.63, 3.8) is 0 Å². The third-order valence-electron chi connectivity index (χ3n) is 2.97. The molecule has 0 aliphatic heterocycles. The van der Waals surface area contributed by atoms with Gasteiger partial charge in [0.05, 0.1) is 34.7 Å². The maximum atomic E-state index is 10.7. The van der Waals surface area contributed by atoms with Crippen LogP contribution in [-0.4, -0.2) is 37.8 Å². The van der Waals surface area contributed by atoms with E-state index < -0.39 is 5.97 Å². The smallest absolute Gasteiger partial charge is 0.212 e. The zero-order valence-electron chi connectivity index (χ0n) is 12.8. The first kappa shape index (κ1) is 16.4. The van der Waals surface area contributed by atoms with Crippen LogP contribution >= 0.6 is 23.1 Å². The van der Waals surface area contributed by atoms with Gasteiger partial charge in [-0.25, -0.2) is 4.98 Å². The fourth-order valence-corrected chi connectivity index (χ4v) is 3.09. The Morgan fingerprint density at radius 3 is 2.96 bits per heavy atom. The minimum Gasteiger partial charge on any atom is -0.549 e. The lowest BCUT2D eigenvalue weighted by Gasteiger charge is -2.04. The predicted octanol–water partition coefficient (Wildman–Crippen LogP) is 1.34. The number of hydrogen-bond donors (Lipinski definition) is 0. The van der Waals surface area contributed by atoms with E-state index in [1.807, 2.05) is 12.3 Å². The number of aryl methyl sites for hydroxylation is 2. The molecular formula is C14H12N5O3S2-. The second kappa shape index (κ2) is 6.97. The second-order valence-corrected chi connectivity index (χ2v) is 6.71. The predicted molar refractivity (Wildman–Crippen MR) is 88.0 cm³/mol. The lowest BCUT2D eigenvalue weighted by Crippen LogP contribution is -2.24. The fraction of sp³-hybridized carbons (Fsp3) is 0.214. The van der Waals surface area contributed by atoms with Crippen molar-refractivity contribution in [3.05, 3.63) is 34.2 Å². The van der Waals surface area contributed by atoms with Gasteiger partial charge in [-0.05, 0) is 19.9 Å². The van der Waals surface area contributed by atoms with Gasteiger partial charge in [-0.2, -0.15) is 9.78 Å². The lowest BCUT2D eigenvalue weighted by molar-refractivity contribution is -0.301. The summed E-state index contributed by atoms with van der Waals surface area (Å²) >= 11 is 2.50. The quantitative estimate of drug-likeness (QED) is 0.481. The van der Waals surface area contributed by atoms with Crippen molar-refractivity contribution in [3.8, 4) is 11.4 Å². The van der Waals surface area contributed by atoms with Gasteiger partial charge in [0.25, 0.3) is 0 Å². The van der Waals surface area contributed by atoms with Crippen molar-refractivity contribution < 1.29 is 14.3 Å². The third-order valence-corrected chi connectivity index (χ3v) is 4.66. The maximum absolute atomic E-state index is 10.7. The minimum atomic E-state index is -1.19. The number of hydrogen-bond acceptors (Lipinski definition) is 9. The van der Waals surface area contributed by atoms with E-state index in [4.69, 9.17) is 4.42 Å². The summed E-state index contributed by atoms with van der Waals surface area (Å²) < 4.78 is 6.77. The van der Waals surface area contributed by atoms with Gasteiger partial charge in [0.1, 0.15) is 5.76 Å². The average Bonchev–Trinajstić information content (AvgIpc) is 3.23. The standard InChI is InChI=1S/C14H13N5O3S2/c1-8-11(3-4-22-8)13-17-18-14(24-7-12(20)21)19(13)15-5-10-6-23-9(2)16-10/h3-6H,7H2,1-2H3,(H,20,21)/p-1/b15-5-. The van der Waals surface area contributed by atoms with E-state index in [0.717, 1.165) is 22.3 Å². The Morgan fingerprint density at radius 1 is 1.50 bits per heavy atom. The molecule has 0 amide bonds. The second-order valence-electron chi connectivity index (χ2n) is 4.71. The number of aromatic nitrogens is 4. The number of rotatable bonds is 6. The molecule has 0 aliphatic rings. The number of thiazole rings is 1. The summed E-state index contributed by atoms with van der Waals surface area (Å²) in [7, 11) is 0. The highest BCUT2D eigenvalue weighted by molar-refractivity contribution is 7.99. The third kappa shape index (κ3) is 3.54. The summed E-state index contributed by atoms with van der Waals surface area (Å²) in [6.45, 7) is 3.71. The summed E-state index contributed by atoms with van der Waals surface area (Å²) in [6, 6.07) is 1.76. The van der Waals surface area contributed by atoms with Gasteiger partial charge < -0.3 is 14.3 Å². The molecule has 24 heavy (non-hydrogen) atoms. The molecule has 0 aromatic carbocycles. The summed E-state index contributed by atoms with van der Waals surface area (Å²) in [5, 5.41) is 26.3. The largest absolute Gasteiger partial charge is 0.549 e. The highest BCUT2D eigenvalue weighted by atomic mass is 32.2. The Labute approximate surface area is 145 Å². The van der Waals surface area contributed by atoms with E-state index >= 15 is 0 Å². The molecule has 0 bridgehead atoms. The molecule has 0 spiro atoms. The van der Waals surface area contributed by atoms with Gasteiger partial charge >= 0.3 is 0 Å². The first-order valence-corrected chi connectivity index (χ1v) is 8.70. The van der Waals surface area contributed by atoms with E-state index in [0.29, 0.717) is 22.4 Å². The van der Waals surface area contributed by atoms with E-state index in [9.17, 15) is 9.90 Å². The Hall–Kier alpha value is -2.46. The summed E-state index contributed by atoms with van der Waals surface area (Å²) in [4.78, 5) is 15.0.